The minimum atomic E-state index is -0.266. The highest BCUT2D eigenvalue weighted by molar-refractivity contribution is 6.45. The molecule has 6 nitrogen and oxygen atoms in total. The summed E-state index contributed by atoms with van der Waals surface area (Å²) in [6.45, 7) is 4.83. The Bertz CT molecular complexity index is 1180. The lowest BCUT2D eigenvalue weighted by Crippen LogP contribution is -2.48. The summed E-state index contributed by atoms with van der Waals surface area (Å²) in [5, 5.41) is 0. The molecule has 0 radical (unpaired) electrons. The Labute approximate surface area is 193 Å². The van der Waals surface area contributed by atoms with E-state index in [1.165, 1.54) is 10.5 Å². The van der Waals surface area contributed by atoms with Crippen LogP contribution in [0.5, 0.6) is 0 Å². The lowest BCUT2D eigenvalue weighted by molar-refractivity contribution is -0.120. The predicted molar refractivity (Wildman–Crippen MR) is 130 cm³/mol. The lowest BCUT2D eigenvalue weighted by atomic mass is 10.0. The number of hydrogen-bond donors (Lipinski definition) is 0. The van der Waals surface area contributed by atoms with Crippen molar-refractivity contribution >= 4 is 28.9 Å². The van der Waals surface area contributed by atoms with E-state index in [0.717, 1.165) is 30.9 Å². The summed E-state index contributed by atoms with van der Waals surface area (Å²) in [4.78, 5) is 37.3. The van der Waals surface area contributed by atoms with E-state index in [2.05, 4.69) is 21.7 Å². The van der Waals surface area contributed by atoms with Gasteiger partial charge in [0.15, 0.2) is 0 Å². The van der Waals surface area contributed by atoms with Crippen molar-refractivity contribution in [1.29, 1.82) is 0 Å². The summed E-state index contributed by atoms with van der Waals surface area (Å²) < 4.78 is 0. The summed E-state index contributed by atoms with van der Waals surface area (Å²) >= 11 is 0. The molecule has 0 bridgehead atoms. The Morgan fingerprint density at radius 3 is 2.06 bits per heavy atom. The van der Waals surface area contributed by atoms with Crippen LogP contribution >= 0.6 is 0 Å². The second-order valence-corrected chi connectivity index (χ2v) is 8.22. The molecular weight excluding hydrogens is 412 g/mol. The molecule has 2 aliphatic rings. The maximum atomic E-state index is 13.7. The van der Waals surface area contributed by atoms with Crippen LogP contribution in [0.4, 0.5) is 11.5 Å². The summed E-state index contributed by atoms with van der Waals surface area (Å²) in [5.74, 6) is 0.410. The Morgan fingerprint density at radius 1 is 0.758 bits per heavy atom. The van der Waals surface area contributed by atoms with Crippen molar-refractivity contribution < 1.29 is 9.59 Å². The predicted octanol–water partition coefficient (Wildman–Crippen LogP) is 3.75. The molecule has 3 heterocycles. The Hall–Kier alpha value is -3.93. The van der Waals surface area contributed by atoms with Crippen molar-refractivity contribution in [3.63, 3.8) is 0 Å². The van der Waals surface area contributed by atoms with Crippen molar-refractivity contribution in [1.82, 2.24) is 9.88 Å². The van der Waals surface area contributed by atoms with Crippen LogP contribution in [-0.4, -0.2) is 47.9 Å². The number of carbonyl (C=O) groups excluding carboxylic acids is 2. The molecule has 2 aliphatic heterocycles. The zero-order valence-electron chi connectivity index (χ0n) is 18.6. The number of aryl methyl sites for hydroxylation is 1. The molecule has 1 saturated heterocycles. The molecular formula is C27H26N4O2. The molecule has 33 heavy (non-hydrogen) atoms. The number of hydrogen-bond acceptors (Lipinski definition) is 5. The highest BCUT2D eigenvalue weighted by atomic mass is 16.2. The molecule has 6 heteroatoms. The first-order valence-corrected chi connectivity index (χ1v) is 11.4. The van der Waals surface area contributed by atoms with E-state index >= 15 is 0 Å². The number of piperazine rings is 1. The van der Waals surface area contributed by atoms with Crippen LogP contribution in [0.15, 0.2) is 84.7 Å². The van der Waals surface area contributed by atoms with E-state index in [4.69, 9.17) is 0 Å². The van der Waals surface area contributed by atoms with Crippen LogP contribution in [0, 0.1) is 0 Å². The van der Waals surface area contributed by atoms with E-state index in [0.29, 0.717) is 30.0 Å². The number of rotatable bonds is 5. The van der Waals surface area contributed by atoms with E-state index in [9.17, 15) is 9.59 Å². The fourth-order valence-electron chi connectivity index (χ4n) is 4.49. The van der Waals surface area contributed by atoms with Gasteiger partial charge < -0.3 is 9.80 Å². The highest BCUT2D eigenvalue weighted by Gasteiger charge is 2.43. The smallest absolute Gasteiger partial charge is 0.282 e. The monoisotopic (exact) mass is 438 g/mol. The van der Waals surface area contributed by atoms with Crippen LogP contribution in [-0.2, 0) is 16.0 Å². The highest BCUT2D eigenvalue weighted by Crippen LogP contribution is 2.35. The molecule has 5 rings (SSSR count). The third-order valence-electron chi connectivity index (χ3n) is 6.29. The Kier molecular flexibility index (Phi) is 5.65. The van der Waals surface area contributed by atoms with Gasteiger partial charge in [-0.1, -0.05) is 55.5 Å². The zero-order valence-corrected chi connectivity index (χ0v) is 18.6. The quantitative estimate of drug-likeness (QED) is 0.568. The van der Waals surface area contributed by atoms with Crippen molar-refractivity contribution in [3.8, 4) is 0 Å². The third-order valence-corrected chi connectivity index (χ3v) is 6.29. The van der Waals surface area contributed by atoms with Gasteiger partial charge in [0.1, 0.15) is 11.5 Å². The van der Waals surface area contributed by atoms with Crippen LogP contribution in [0.3, 0.4) is 0 Å². The van der Waals surface area contributed by atoms with Crippen LogP contribution in [0.2, 0.25) is 0 Å². The molecule has 166 valence electrons. The molecule has 0 atom stereocenters. The zero-order chi connectivity index (χ0) is 22.8. The van der Waals surface area contributed by atoms with Gasteiger partial charge in [-0.3, -0.25) is 9.59 Å². The molecule has 2 amide bonds. The molecule has 0 unspecified atom stereocenters. The first kappa shape index (κ1) is 20.9. The van der Waals surface area contributed by atoms with E-state index in [-0.39, 0.29) is 11.8 Å². The van der Waals surface area contributed by atoms with Crippen molar-refractivity contribution in [2.45, 2.75) is 13.3 Å². The minimum Gasteiger partial charge on any atom is -0.363 e. The SMILES string of the molecule is CCc1ccc(N2C(=O)C(c3ccccc3)=C(N3CCN(c4ccccn4)CC3)C2=O)cc1. The average Bonchev–Trinajstić information content (AvgIpc) is 3.15. The first-order valence-electron chi connectivity index (χ1n) is 11.4. The molecule has 0 aliphatic carbocycles. The topological polar surface area (TPSA) is 56.8 Å². The first-order chi connectivity index (χ1) is 16.2. The molecule has 0 N–H and O–H groups in total. The van der Waals surface area contributed by atoms with Gasteiger partial charge in [0.2, 0.25) is 0 Å². The third kappa shape index (κ3) is 3.89. The number of imide groups is 1. The minimum absolute atomic E-state index is 0.255. The van der Waals surface area contributed by atoms with Gasteiger partial charge in [0.05, 0.1) is 11.3 Å². The lowest BCUT2D eigenvalue weighted by Gasteiger charge is -2.37. The summed E-state index contributed by atoms with van der Waals surface area (Å²) in [6.07, 6.45) is 2.69. The van der Waals surface area contributed by atoms with Crippen molar-refractivity contribution in [2.24, 2.45) is 0 Å². The number of benzene rings is 2. The maximum absolute atomic E-state index is 13.7. The van der Waals surface area contributed by atoms with Gasteiger partial charge in [-0.25, -0.2) is 9.88 Å². The van der Waals surface area contributed by atoms with Gasteiger partial charge in [0, 0.05) is 32.4 Å². The maximum Gasteiger partial charge on any atom is 0.282 e. The molecule has 1 aromatic heterocycles. The summed E-state index contributed by atoms with van der Waals surface area (Å²) in [5.41, 5.74) is 3.52. The number of aromatic nitrogens is 1. The van der Waals surface area contributed by atoms with Crippen molar-refractivity contribution in [2.75, 3.05) is 36.0 Å². The Morgan fingerprint density at radius 2 is 1.42 bits per heavy atom. The average molecular weight is 439 g/mol. The van der Waals surface area contributed by atoms with Gasteiger partial charge in [-0.2, -0.15) is 0 Å². The van der Waals surface area contributed by atoms with Gasteiger partial charge >= 0.3 is 0 Å². The van der Waals surface area contributed by atoms with E-state index in [1.54, 1.807) is 6.20 Å². The van der Waals surface area contributed by atoms with E-state index in [1.807, 2.05) is 72.8 Å². The number of amides is 2. The molecule has 3 aromatic rings. The Balaban J connectivity index is 1.48. The van der Waals surface area contributed by atoms with Gasteiger partial charge in [0.25, 0.3) is 11.8 Å². The van der Waals surface area contributed by atoms with Gasteiger partial charge in [-0.05, 0) is 41.8 Å². The number of nitrogens with zero attached hydrogens (tertiary/aromatic N) is 4. The second-order valence-electron chi connectivity index (χ2n) is 8.22. The van der Waals surface area contributed by atoms with Crippen LogP contribution < -0.4 is 9.80 Å². The number of carbonyl (C=O) groups is 2. The van der Waals surface area contributed by atoms with Crippen LogP contribution in [0.1, 0.15) is 18.1 Å². The summed E-state index contributed by atoms with van der Waals surface area (Å²) in [7, 11) is 0. The normalized spacial score (nSPS) is 16.7. The molecule has 2 aromatic carbocycles. The van der Waals surface area contributed by atoms with E-state index < -0.39 is 0 Å². The molecule has 1 fully saturated rings. The fraction of sp³-hybridized carbons (Fsp3) is 0.222. The molecule has 0 saturated carbocycles. The fourth-order valence-corrected chi connectivity index (χ4v) is 4.49. The molecule has 0 spiro atoms. The largest absolute Gasteiger partial charge is 0.363 e. The standard InChI is InChI=1S/C27H26N4O2/c1-2-20-11-13-22(14-12-20)31-26(32)24(21-8-4-3-5-9-21)25(27(31)33)30-18-16-29(17-19-30)23-10-6-7-15-28-23/h3-15H,2,16-19H2,1H3. The second kappa shape index (κ2) is 8.90. The van der Waals surface area contributed by atoms with Crippen LogP contribution in [0.25, 0.3) is 5.57 Å². The van der Waals surface area contributed by atoms with Gasteiger partial charge in [-0.15, -0.1) is 0 Å². The summed E-state index contributed by atoms with van der Waals surface area (Å²) in [6, 6.07) is 23.1. The van der Waals surface area contributed by atoms with Crippen molar-refractivity contribution in [3.05, 3.63) is 95.8 Å². The number of anilines is 2. The number of pyridine rings is 1.